The Bertz CT molecular complexity index is 431. The van der Waals surface area contributed by atoms with Gasteiger partial charge in [0.25, 0.3) is 0 Å². The van der Waals surface area contributed by atoms with E-state index >= 15 is 0 Å². The lowest BCUT2D eigenvalue weighted by Gasteiger charge is -2.16. The predicted octanol–water partition coefficient (Wildman–Crippen LogP) is 0.832. The van der Waals surface area contributed by atoms with Crippen LogP contribution in [0.4, 0.5) is 0 Å². The number of hydrogen-bond acceptors (Lipinski definition) is 3. The van der Waals surface area contributed by atoms with Gasteiger partial charge in [0, 0.05) is 0 Å². The maximum atomic E-state index is 11.8. The highest BCUT2D eigenvalue weighted by Gasteiger charge is 2.22. The van der Waals surface area contributed by atoms with Crippen LogP contribution in [0.15, 0.2) is 43.0 Å². The van der Waals surface area contributed by atoms with E-state index in [1.54, 1.807) is 24.3 Å². The second kappa shape index (κ2) is 6.56. The minimum absolute atomic E-state index is 0.155. The molecule has 1 unspecified atom stereocenters. The van der Waals surface area contributed by atoms with E-state index in [1.807, 2.05) is 6.07 Å². The Morgan fingerprint density at radius 3 is 2.50 bits per heavy atom. The first kappa shape index (κ1) is 13.9. The number of nitrogens with two attached hydrogens (primary N) is 1. The molecule has 0 aliphatic heterocycles. The topological polar surface area (TPSA) is 92.4 Å². The molecule has 4 N–H and O–H groups in total. The molecule has 0 saturated carbocycles. The van der Waals surface area contributed by atoms with Crippen molar-refractivity contribution in [2.75, 3.05) is 0 Å². The van der Waals surface area contributed by atoms with Crippen molar-refractivity contribution in [1.29, 1.82) is 0 Å². The second-order valence-corrected chi connectivity index (χ2v) is 3.81. The largest absolute Gasteiger partial charge is 0.480 e. The van der Waals surface area contributed by atoms with Crippen LogP contribution in [0.2, 0.25) is 0 Å². The Balaban J connectivity index is 2.70. The number of benzene rings is 1. The van der Waals surface area contributed by atoms with Crippen LogP contribution in [0.3, 0.4) is 0 Å². The number of aliphatic carboxylic acids is 1. The summed E-state index contributed by atoms with van der Waals surface area (Å²) in [6, 6.07) is 6.90. The normalized spacial score (nSPS) is 13.4. The molecule has 0 aromatic heterocycles. The molecule has 0 bridgehead atoms. The van der Waals surface area contributed by atoms with Gasteiger partial charge >= 0.3 is 5.97 Å². The Hall–Kier alpha value is -2.14. The summed E-state index contributed by atoms with van der Waals surface area (Å²) in [5.41, 5.74) is 6.39. The minimum atomic E-state index is -1.11. The lowest BCUT2D eigenvalue weighted by Crippen LogP contribution is -2.44. The van der Waals surface area contributed by atoms with E-state index in [0.29, 0.717) is 5.56 Å². The van der Waals surface area contributed by atoms with Crippen LogP contribution < -0.4 is 11.1 Å². The molecule has 5 nitrogen and oxygen atoms in total. The SMILES string of the molecule is C=CCC(NC(=O)[C@@H](N)c1ccccc1)C(=O)O. The predicted molar refractivity (Wildman–Crippen MR) is 67.8 cm³/mol. The van der Waals surface area contributed by atoms with Crippen molar-refractivity contribution in [3.8, 4) is 0 Å². The Morgan fingerprint density at radius 2 is 2.00 bits per heavy atom. The fourth-order valence-corrected chi connectivity index (χ4v) is 1.46. The summed E-state index contributed by atoms with van der Waals surface area (Å²) in [5.74, 6) is -1.63. The molecule has 0 aliphatic carbocycles. The standard InChI is InChI=1S/C13H16N2O3/c1-2-6-10(13(17)18)15-12(16)11(14)9-7-4-3-5-8-9/h2-5,7-8,10-11H,1,6,14H2,(H,15,16)(H,17,18)/t10?,11-/m0/s1. The summed E-state index contributed by atoms with van der Waals surface area (Å²) >= 11 is 0. The maximum Gasteiger partial charge on any atom is 0.326 e. The molecule has 0 saturated heterocycles. The smallest absolute Gasteiger partial charge is 0.326 e. The quantitative estimate of drug-likeness (QED) is 0.650. The minimum Gasteiger partial charge on any atom is -0.480 e. The van der Waals surface area contributed by atoms with Crippen LogP contribution in [0.5, 0.6) is 0 Å². The van der Waals surface area contributed by atoms with Crippen LogP contribution in [0.1, 0.15) is 18.0 Å². The maximum absolute atomic E-state index is 11.8. The molecule has 1 aromatic rings. The lowest BCUT2D eigenvalue weighted by atomic mass is 10.1. The molecule has 96 valence electrons. The van der Waals surface area contributed by atoms with E-state index in [2.05, 4.69) is 11.9 Å². The van der Waals surface area contributed by atoms with Gasteiger partial charge < -0.3 is 16.2 Å². The van der Waals surface area contributed by atoms with E-state index in [9.17, 15) is 9.59 Å². The van der Waals surface area contributed by atoms with Gasteiger partial charge in [0.2, 0.25) is 5.91 Å². The number of rotatable bonds is 6. The van der Waals surface area contributed by atoms with E-state index < -0.39 is 24.0 Å². The third kappa shape index (κ3) is 3.71. The molecule has 1 rings (SSSR count). The number of carboxylic acids is 1. The molecule has 0 fully saturated rings. The Kier molecular flexibility index (Phi) is 5.07. The fourth-order valence-electron chi connectivity index (χ4n) is 1.46. The van der Waals surface area contributed by atoms with Crippen molar-refractivity contribution in [2.24, 2.45) is 5.73 Å². The number of carbonyl (C=O) groups excluding carboxylic acids is 1. The van der Waals surface area contributed by atoms with Gasteiger partial charge in [-0.1, -0.05) is 36.4 Å². The summed E-state index contributed by atoms with van der Waals surface area (Å²) in [6.45, 7) is 3.45. The molecular weight excluding hydrogens is 232 g/mol. The second-order valence-electron chi connectivity index (χ2n) is 3.81. The van der Waals surface area contributed by atoms with Gasteiger partial charge in [-0.3, -0.25) is 4.79 Å². The fraction of sp³-hybridized carbons (Fsp3) is 0.231. The Morgan fingerprint density at radius 1 is 1.39 bits per heavy atom. The van der Waals surface area contributed by atoms with Crippen LogP contribution in [-0.2, 0) is 9.59 Å². The number of hydrogen-bond donors (Lipinski definition) is 3. The molecule has 1 amide bonds. The zero-order chi connectivity index (χ0) is 13.5. The number of carbonyl (C=O) groups is 2. The van der Waals surface area contributed by atoms with Gasteiger partial charge in [-0.05, 0) is 12.0 Å². The van der Waals surface area contributed by atoms with E-state index in [-0.39, 0.29) is 6.42 Å². The van der Waals surface area contributed by atoms with E-state index in [4.69, 9.17) is 10.8 Å². The van der Waals surface area contributed by atoms with Gasteiger partial charge in [0.1, 0.15) is 12.1 Å². The van der Waals surface area contributed by atoms with Crippen molar-refractivity contribution in [2.45, 2.75) is 18.5 Å². The zero-order valence-corrected chi connectivity index (χ0v) is 9.87. The molecule has 2 atom stereocenters. The first-order chi connectivity index (χ1) is 8.56. The van der Waals surface area contributed by atoms with Crippen LogP contribution in [0, 0.1) is 0 Å². The average Bonchev–Trinajstić information content (AvgIpc) is 2.38. The summed E-state index contributed by atoms with van der Waals surface area (Å²) in [7, 11) is 0. The molecule has 0 aliphatic rings. The van der Waals surface area contributed by atoms with Gasteiger partial charge in [0.05, 0.1) is 0 Å². The molecule has 18 heavy (non-hydrogen) atoms. The number of amides is 1. The van der Waals surface area contributed by atoms with Crippen LogP contribution in [-0.4, -0.2) is 23.0 Å². The summed E-state index contributed by atoms with van der Waals surface area (Å²) < 4.78 is 0. The van der Waals surface area contributed by atoms with Gasteiger partial charge in [-0.15, -0.1) is 6.58 Å². The monoisotopic (exact) mass is 248 g/mol. The molecule has 5 heteroatoms. The van der Waals surface area contributed by atoms with Crippen molar-refractivity contribution in [1.82, 2.24) is 5.32 Å². The van der Waals surface area contributed by atoms with Crippen molar-refractivity contribution >= 4 is 11.9 Å². The summed E-state index contributed by atoms with van der Waals surface area (Å²) in [6.07, 6.45) is 1.59. The molecule has 0 spiro atoms. The van der Waals surface area contributed by atoms with Crippen LogP contribution in [0.25, 0.3) is 0 Å². The summed E-state index contributed by atoms with van der Waals surface area (Å²) in [4.78, 5) is 22.7. The third-order valence-corrected chi connectivity index (χ3v) is 2.46. The Labute approximate surface area is 105 Å². The number of nitrogens with one attached hydrogen (secondary N) is 1. The highest BCUT2D eigenvalue weighted by molar-refractivity contribution is 5.87. The highest BCUT2D eigenvalue weighted by Crippen LogP contribution is 2.10. The molecule has 0 heterocycles. The van der Waals surface area contributed by atoms with Gasteiger partial charge in [0.15, 0.2) is 0 Å². The van der Waals surface area contributed by atoms with Crippen molar-refractivity contribution in [3.63, 3.8) is 0 Å². The first-order valence-corrected chi connectivity index (χ1v) is 5.51. The first-order valence-electron chi connectivity index (χ1n) is 5.51. The molecule has 0 radical (unpaired) electrons. The zero-order valence-electron chi connectivity index (χ0n) is 9.87. The van der Waals surface area contributed by atoms with Gasteiger partial charge in [-0.25, -0.2) is 4.79 Å². The molecule has 1 aromatic carbocycles. The van der Waals surface area contributed by atoms with Crippen molar-refractivity contribution in [3.05, 3.63) is 48.6 Å². The van der Waals surface area contributed by atoms with Crippen molar-refractivity contribution < 1.29 is 14.7 Å². The van der Waals surface area contributed by atoms with Gasteiger partial charge in [-0.2, -0.15) is 0 Å². The number of carboxylic acid groups (broad SMARTS) is 1. The third-order valence-electron chi connectivity index (χ3n) is 2.46. The summed E-state index contributed by atoms with van der Waals surface area (Å²) in [5, 5.41) is 11.3. The molecular formula is C13H16N2O3. The van der Waals surface area contributed by atoms with E-state index in [0.717, 1.165) is 0 Å². The highest BCUT2D eigenvalue weighted by atomic mass is 16.4. The van der Waals surface area contributed by atoms with E-state index in [1.165, 1.54) is 6.08 Å². The van der Waals surface area contributed by atoms with Crippen LogP contribution >= 0.6 is 0 Å². The average molecular weight is 248 g/mol. The lowest BCUT2D eigenvalue weighted by molar-refractivity contribution is -0.141.